The Hall–Kier alpha value is -1.59. The van der Waals surface area contributed by atoms with Crippen LogP contribution in [-0.2, 0) is 0 Å². The lowest BCUT2D eigenvalue weighted by Crippen LogP contribution is -2.44. The smallest absolute Gasteiger partial charge is 0.251 e. The fourth-order valence-corrected chi connectivity index (χ4v) is 3.28. The quantitative estimate of drug-likeness (QED) is 0.944. The third kappa shape index (κ3) is 3.54. The highest BCUT2D eigenvalue weighted by Crippen LogP contribution is 2.22. The minimum absolute atomic E-state index is 0.0284. The summed E-state index contributed by atoms with van der Waals surface area (Å²) in [4.78, 5) is 18.8. The van der Waals surface area contributed by atoms with Crippen molar-refractivity contribution in [3.63, 3.8) is 0 Å². The zero-order valence-electron chi connectivity index (χ0n) is 11.5. The van der Waals surface area contributed by atoms with Crippen molar-refractivity contribution in [2.75, 3.05) is 18.0 Å². The highest BCUT2D eigenvalue weighted by atomic mass is 35.5. The molecule has 1 aliphatic heterocycles. The number of nitrogens with one attached hydrogen (secondary N) is 1. The van der Waals surface area contributed by atoms with Gasteiger partial charge < -0.3 is 10.2 Å². The molecule has 0 spiro atoms. The molecule has 0 aliphatic carbocycles. The number of rotatable bonds is 3. The maximum absolute atomic E-state index is 12.2. The fraction of sp³-hybridized carbons (Fsp3) is 0.333. The SMILES string of the molecule is O=C(NC1CCN(c2nccs2)CC1)c1ccc(Cl)cc1. The van der Waals surface area contributed by atoms with Crippen molar-refractivity contribution < 1.29 is 4.79 Å². The zero-order valence-corrected chi connectivity index (χ0v) is 13.0. The fourth-order valence-electron chi connectivity index (χ4n) is 2.46. The molecule has 1 fully saturated rings. The predicted octanol–water partition coefficient (Wildman–Crippen LogP) is 3.20. The molecule has 2 aromatic rings. The summed E-state index contributed by atoms with van der Waals surface area (Å²) in [5, 5.41) is 6.79. The minimum Gasteiger partial charge on any atom is -0.349 e. The average Bonchev–Trinajstić information content (AvgIpc) is 3.03. The first-order chi connectivity index (χ1) is 10.2. The third-order valence-corrected chi connectivity index (χ3v) is 4.71. The van der Waals surface area contributed by atoms with Crippen LogP contribution in [0.3, 0.4) is 0 Å². The van der Waals surface area contributed by atoms with Gasteiger partial charge in [-0.2, -0.15) is 0 Å². The molecule has 1 aromatic heterocycles. The molecule has 1 saturated heterocycles. The molecular weight excluding hydrogens is 306 g/mol. The van der Waals surface area contributed by atoms with Crippen LogP contribution < -0.4 is 10.2 Å². The molecular formula is C15H16ClN3OS. The van der Waals surface area contributed by atoms with E-state index in [1.807, 2.05) is 11.6 Å². The van der Waals surface area contributed by atoms with Gasteiger partial charge in [-0.3, -0.25) is 4.79 Å². The number of thiazole rings is 1. The molecule has 1 aliphatic rings. The molecule has 21 heavy (non-hydrogen) atoms. The molecule has 0 radical (unpaired) electrons. The highest BCUT2D eigenvalue weighted by molar-refractivity contribution is 7.13. The number of carbonyl (C=O) groups excluding carboxylic acids is 1. The topological polar surface area (TPSA) is 45.2 Å². The summed E-state index contributed by atoms with van der Waals surface area (Å²) in [5.41, 5.74) is 0.654. The van der Waals surface area contributed by atoms with E-state index in [4.69, 9.17) is 11.6 Å². The highest BCUT2D eigenvalue weighted by Gasteiger charge is 2.22. The third-order valence-electron chi connectivity index (χ3n) is 3.63. The van der Waals surface area contributed by atoms with Gasteiger partial charge in [-0.25, -0.2) is 4.98 Å². The monoisotopic (exact) mass is 321 g/mol. The van der Waals surface area contributed by atoms with Crippen molar-refractivity contribution in [1.29, 1.82) is 0 Å². The summed E-state index contributed by atoms with van der Waals surface area (Å²) < 4.78 is 0. The van der Waals surface area contributed by atoms with Crippen LogP contribution in [0.15, 0.2) is 35.8 Å². The van der Waals surface area contributed by atoms with Crippen molar-refractivity contribution in [3.8, 4) is 0 Å². The van der Waals surface area contributed by atoms with Gasteiger partial charge in [0.2, 0.25) is 0 Å². The summed E-state index contributed by atoms with van der Waals surface area (Å²) in [6.45, 7) is 1.86. The van der Waals surface area contributed by atoms with E-state index in [0.29, 0.717) is 10.6 Å². The molecule has 0 atom stereocenters. The van der Waals surface area contributed by atoms with E-state index in [1.165, 1.54) is 0 Å². The first-order valence-electron chi connectivity index (χ1n) is 6.93. The minimum atomic E-state index is -0.0284. The van der Waals surface area contributed by atoms with Crippen molar-refractivity contribution in [1.82, 2.24) is 10.3 Å². The standard InChI is InChI=1S/C15H16ClN3OS/c16-12-3-1-11(2-4-12)14(20)18-13-5-8-19(9-6-13)15-17-7-10-21-15/h1-4,7,10,13H,5-6,8-9H2,(H,18,20). The van der Waals surface area contributed by atoms with Crippen LogP contribution in [0.5, 0.6) is 0 Å². The lowest BCUT2D eigenvalue weighted by Gasteiger charge is -2.32. The van der Waals surface area contributed by atoms with Crippen LogP contribution in [0.25, 0.3) is 0 Å². The average molecular weight is 322 g/mol. The van der Waals surface area contributed by atoms with Gasteiger partial charge in [0.05, 0.1) is 0 Å². The molecule has 4 nitrogen and oxygen atoms in total. The number of hydrogen-bond acceptors (Lipinski definition) is 4. The van der Waals surface area contributed by atoms with E-state index in [-0.39, 0.29) is 11.9 Å². The number of halogens is 1. The summed E-state index contributed by atoms with van der Waals surface area (Å²) in [6, 6.07) is 7.21. The van der Waals surface area contributed by atoms with E-state index in [9.17, 15) is 4.79 Å². The van der Waals surface area contributed by atoms with Gasteiger partial charge in [-0.15, -0.1) is 11.3 Å². The number of carbonyl (C=O) groups is 1. The summed E-state index contributed by atoms with van der Waals surface area (Å²) in [6.07, 6.45) is 3.71. The number of anilines is 1. The van der Waals surface area contributed by atoms with Gasteiger partial charge in [0, 0.05) is 41.3 Å². The van der Waals surface area contributed by atoms with Gasteiger partial charge in [-0.05, 0) is 37.1 Å². The first kappa shape index (κ1) is 14.4. The van der Waals surface area contributed by atoms with Crippen molar-refractivity contribution in [2.24, 2.45) is 0 Å². The first-order valence-corrected chi connectivity index (χ1v) is 8.19. The maximum Gasteiger partial charge on any atom is 0.251 e. The van der Waals surface area contributed by atoms with E-state index in [0.717, 1.165) is 31.1 Å². The number of benzene rings is 1. The Bertz CT molecular complexity index is 592. The Morgan fingerprint density at radius 3 is 2.62 bits per heavy atom. The molecule has 0 bridgehead atoms. The Labute approximate surface area is 132 Å². The van der Waals surface area contributed by atoms with Crippen LogP contribution >= 0.6 is 22.9 Å². The number of hydrogen-bond donors (Lipinski definition) is 1. The van der Waals surface area contributed by atoms with E-state index in [1.54, 1.807) is 35.6 Å². The van der Waals surface area contributed by atoms with Gasteiger partial charge in [0.25, 0.3) is 5.91 Å². The second-order valence-corrected chi connectivity index (χ2v) is 6.37. The van der Waals surface area contributed by atoms with Crippen LogP contribution in [0.4, 0.5) is 5.13 Å². The van der Waals surface area contributed by atoms with Crippen LogP contribution in [0.1, 0.15) is 23.2 Å². The van der Waals surface area contributed by atoms with E-state index in [2.05, 4.69) is 15.2 Å². The van der Waals surface area contributed by atoms with Crippen LogP contribution in [0.2, 0.25) is 5.02 Å². The van der Waals surface area contributed by atoms with Crippen LogP contribution in [0, 0.1) is 0 Å². The summed E-state index contributed by atoms with van der Waals surface area (Å²) in [7, 11) is 0. The number of amides is 1. The zero-order chi connectivity index (χ0) is 14.7. The molecule has 0 unspecified atom stereocenters. The normalized spacial score (nSPS) is 16.0. The maximum atomic E-state index is 12.2. The molecule has 3 rings (SSSR count). The molecule has 0 saturated carbocycles. The lowest BCUT2D eigenvalue weighted by atomic mass is 10.0. The van der Waals surface area contributed by atoms with Gasteiger partial charge in [0.15, 0.2) is 5.13 Å². The largest absolute Gasteiger partial charge is 0.349 e. The summed E-state index contributed by atoms with van der Waals surface area (Å²) in [5.74, 6) is -0.0284. The number of piperidine rings is 1. The molecule has 1 aromatic carbocycles. The Morgan fingerprint density at radius 1 is 1.29 bits per heavy atom. The number of nitrogens with zero attached hydrogens (tertiary/aromatic N) is 2. The Balaban J connectivity index is 1.53. The van der Waals surface area contributed by atoms with Crippen molar-refractivity contribution >= 4 is 34.0 Å². The Morgan fingerprint density at radius 2 is 2.00 bits per heavy atom. The molecule has 6 heteroatoms. The van der Waals surface area contributed by atoms with Gasteiger partial charge in [0.1, 0.15) is 0 Å². The van der Waals surface area contributed by atoms with Gasteiger partial charge >= 0.3 is 0 Å². The summed E-state index contributed by atoms with van der Waals surface area (Å²) >= 11 is 7.49. The van der Waals surface area contributed by atoms with Crippen molar-refractivity contribution in [3.05, 3.63) is 46.4 Å². The molecule has 1 amide bonds. The van der Waals surface area contributed by atoms with E-state index >= 15 is 0 Å². The Kier molecular flexibility index (Phi) is 4.41. The predicted molar refractivity (Wildman–Crippen MR) is 86.3 cm³/mol. The molecule has 110 valence electrons. The van der Waals surface area contributed by atoms with Crippen molar-refractivity contribution in [2.45, 2.75) is 18.9 Å². The van der Waals surface area contributed by atoms with E-state index < -0.39 is 0 Å². The second-order valence-electron chi connectivity index (χ2n) is 5.06. The second kappa shape index (κ2) is 6.45. The lowest BCUT2D eigenvalue weighted by molar-refractivity contribution is 0.0931. The van der Waals surface area contributed by atoms with Crippen LogP contribution in [-0.4, -0.2) is 30.0 Å². The number of aromatic nitrogens is 1. The molecule has 2 heterocycles. The molecule has 1 N–H and O–H groups in total. The van der Waals surface area contributed by atoms with Gasteiger partial charge in [-0.1, -0.05) is 11.6 Å².